The summed E-state index contributed by atoms with van der Waals surface area (Å²) in [6, 6.07) is 0.0467. The summed E-state index contributed by atoms with van der Waals surface area (Å²) in [6.45, 7) is 11.7. The minimum Gasteiger partial charge on any atom is -0.377 e. The largest absolute Gasteiger partial charge is 0.377 e. The molecular weight excluding hydrogens is 382 g/mol. The Balaban J connectivity index is 3.71. The van der Waals surface area contributed by atoms with Crippen LogP contribution in [0.4, 0.5) is 0 Å². The second-order valence-corrected chi connectivity index (χ2v) is 8.66. The van der Waals surface area contributed by atoms with Crippen LogP contribution < -0.4 is 15.4 Å². The van der Waals surface area contributed by atoms with E-state index in [1.165, 1.54) is 11.9 Å². The van der Waals surface area contributed by atoms with Gasteiger partial charge >= 0.3 is 0 Å². The van der Waals surface area contributed by atoms with Crippen molar-refractivity contribution in [2.24, 2.45) is 11.3 Å². The normalized spacial score (nSPS) is 12.5. The summed E-state index contributed by atoms with van der Waals surface area (Å²) in [4.78, 5) is 34.0. The zero-order chi connectivity index (χ0) is 21.4. The molecule has 0 spiro atoms. The highest BCUT2D eigenvalue weighted by Gasteiger charge is 2.29. The second kappa shape index (κ2) is 15.6. The van der Waals surface area contributed by atoms with Gasteiger partial charge in [-0.1, -0.05) is 39.6 Å². The number of hydrogen-bond donors (Lipinski definition) is 3. The van der Waals surface area contributed by atoms with Gasteiger partial charge in [-0.15, -0.1) is 0 Å². The molecule has 1 unspecified atom stereocenters. The summed E-state index contributed by atoms with van der Waals surface area (Å²) in [6.07, 6.45) is 2.22. The molecule has 1 atom stereocenters. The molecule has 0 rings (SSSR count). The molecule has 0 aromatic carbocycles. The van der Waals surface area contributed by atoms with E-state index in [0.717, 1.165) is 12.8 Å². The second-order valence-electron chi connectivity index (χ2n) is 7.76. The smallest absolute Gasteiger partial charge is 0.255 e. The Hall–Kier alpha value is -1.32. The SMILES string of the molecule is CC(C)CC(C)(C)C(=O)NC(C)CCSNC(=O)COCCOCCNC=O. The molecule has 0 aliphatic rings. The molecule has 0 fully saturated rings. The number of carbonyl (C=O) groups is 3. The molecule has 164 valence electrons. The van der Waals surface area contributed by atoms with E-state index in [4.69, 9.17) is 9.47 Å². The minimum absolute atomic E-state index is 0.0291. The van der Waals surface area contributed by atoms with Crippen molar-refractivity contribution in [2.75, 3.05) is 38.7 Å². The topological polar surface area (TPSA) is 106 Å². The van der Waals surface area contributed by atoms with E-state index < -0.39 is 0 Å². The Bertz CT molecular complexity index is 461. The highest BCUT2D eigenvalue weighted by atomic mass is 32.2. The quantitative estimate of drug-likeness (QED) is 0.187. The van der Waals surface area contributed by atoms with Gasteiger partial charge in [0.05, 0.1) is 19.8 Å². The van der Waals surface area contributed by atoms with Crippen LogP contribution in [0.1, 0.15) is 47.5 Å². The third-order valence-electron chi connectivity index (χ3n) is 3.83. The number of ether oxygens (including phenoxy) is 2. The van der Waals surface area contributed by atoms with Crippen molar-refractivity contribution >= 4 is 30.2 Å². The first kappa shape index (κ1) is 26.7. The van der Waals surface area contributed by atoms with Crippen LogP contribution in [0.3, 0.4) is 0 Å². The number of amides is 3. The Kier molecular flexibility index (Phi) is 14.9. The van der Waals surface area contributed by atoms with E-state index in [-0.39, 0.29) is 29.9 Å². The molecule has 3 amide bonds. The highest BCUT2D eigenvalue weighted by Crippen LogP contribution is 2.25. The van der Waals surface area contributed by atoms with Gasteiger partial charge in [-0.25, -0.2) is 0 Å². The van der Waals surface area contributed by atoms with Crippen LogP contribution in [0, 0.1) is 11.3 Å². The summed E-state index contributed by atoms with van der Waals surface area (Å²) < 4.78 is 13.1. The first-order chi connectivity index (χ1) is 13.2. The Morgan fingerprint density at radius 2 is 1.79 bits per heavy atom. The first-order valence-corrected chi connectivity index (χ1v) is 10.7. The zero-order valence-electron chi connectivity index (χ0n) is 17.8. The van der Waals surface area contributed by atoms with E-state index >= 15 is 0 Å². The molecule has 0 aromatic rings. The molecular formula is C19H37N3O5S. The van der Waals surface area contributed by atoms with Gasteiger partial charge in [-0.3, -0.25) is 19.1 Å². The van der Waals surface area contributed by atoms with E-state index in [2.05, 4.69) is 29.2 Å². The zero-order valence-corrected chi connectivity index (χ0v) is 18.7. The summed E-state index contributed by atoms with van der Waals surface area (Å²) in [7, 11) is 0. The fourth-order valence-electron chi connectivity index (χ4n) is 2.58. The third-order valence-corrected chi connectivity index (χ3v) is 4.64. The molecule has 0 aromatic heterocycles. The van der Waals surface area contributed by atoms with Crippen LogP contribution in [0.15, 0.2) is 0 Å². The molecule has 3 N–H and O–H groups in total. The van der Waals surface area contributed by atoms with Gasteiger partial charge in [-0.05, 0) is 25.7 Å². The summed E-state index contributed by atoms with van der Waals surface area (Å²) in [5.41, 5.74) is -0.379. The van der Waals surface area contributed by atoms with Gasteiger partial charge in [0.2, 0.25) is 12.3 Å². The predicted molar refractivity (Wildman–Crippen MR) is 112 cm³/mol. The van der Waals surface area contributed by atoms with Gasteiger partial charge in [0, 0.05) is 23.8 Å². The van der Waals surface area contributed by atoms with E-state index in [1.54, 1.807) is 0 Å². The van der Waals surface area contributed by atoms with Crippen molar-refractivity contribution in [3.63, 3.8) is 0 Å². The number of hydrogen-bond acceptors (Lipinski definition) is 6. The Morgan fingerprint density at radius 1 is 1.11 bits per heavy atom. The van der Waals surface area contributed by atoms with Crippen molar-refractivity contribution in [3.8, 4) is 0 Å². The fourth-order valence-corrected chi connectivity index (χ4v) is 3.37. The summed E-state index contributed by atoms with van der Waals surface area (Å²) in [5.74, 6) is 1.03. The summed E-state index contributed by atoms with van der Waals surface area (Å²) >= 11 is 1.31. The average molecular weight is 420 g/mol. The van der Waals surface area contributed by atoms with Gasteiger partial charge in [-0.2, -0.15) is 0 Å². The lowest BCUT2D eigenvalue weighted by molar-refractivity contribution is -0.130. The van der Waals surface area contributed by atoms with Crippen molar-refractivity contribution in [2.45, 2.75) is 53.5 Å². The monoisotopic (exact) mass is 419 g/mol. The van der Waals surface area contributed by atoms with Crippen LogP contribution in [-0.2, 0) is 23.9 Å². The number of rotatable bonds is 17. The summed E-state index contributed by atoms with van der Waals surface area (Å²) in [5, 5.41) is 5.54. The molecule has 0 radical (unpaired) electrons. The van der Waals surface area contributed by atoms with Crippen LogP contribution in [0.5, 0.6) is 0 Å². The van der Waals surface area contributed by atoms with Crippen molar-refractivity contribution in [1.29, 1.82) is 0 Å². The van der Waals surface area contributed by atoms with Crippen LogP contribution in [-0.4, -0.2) is 63.0 Å². The lowest BCUT2D eigenvalue weighted by atomic mass is 9.83. The Morgan fingerprint density at radius 3 is 2.43 bits per heavy atom. The van der Waals surface area contributed by atoms with Gasteiger partial charge in [0.1, 0.15) is 6.61 Å². The molecule has 0 saturated heterocycles. The van der Waals surface area contributed by atoms with Crippen molar-refractivity contribution in [1.82, 2.24) is 15.4 Å². The fraction of sp³-hybridized carbons (Fsp3) is 0.842. The van der Waals surface area contributed by atoms with Gasteiger partial charge < -0.3 is 20.1 Å². The maximum absolute atomic E-state index is 12.4. The van der Waals surface area contributed by atoms with Crippen LogP contribution in [0.2, 0.25) is 0 Å². The highest BCUT2D eigenvalue weighted by molar-refractivity contribution is 7.97. The van der Waals surface area contributed by atoms with Gasteiger partial charge in [0.25, 0.3) is 5.91 Å². The average Bonchev–Trinajstić information content (AvgIpc) is 2.60. The van der Waals surface area contributed by atoms with Crippen LogP contribution >= 0.6 is 11.9 Å². The van der Waals surface area contributed by atoms with E-state index in [9.17, 15) is 14.4 Å². The molecule has 28 heavy (non-hydrogen) atoms. The van der Waals surface area contributed by atoms with Gasteiger partial charge in [0.15, 0.2) is 0 Å². The number of carbonyl (C=O) groups excluding carboxylic acids is 3. The molecule has 0 bridgehead atoms. The molecule has 0 heterocycles. The standard InChI is InChI=1S/C19H37N3O5S/c1-15(2)12-19(4,5)18(25)21-16(3)6-11-28-22-17(24)13-27-10-9-26-8-7-20-14-23/h14-16H,6-13H2,1-5H3,(H,20,23)(H,21,25)(H,22,24). The van der Waals surface area contributed by atoms with E-state index in [0.29, 0.717) is 44.4 Å². The number of nitrogens with one attached hydrogen (secondary N) is 3. The molecule has 0 aliphatic heterocycles. The van der Waals surface area contributed by atoms with Crippen molar-refractivity contribution < 1.29 is 23.9 Å². The molecule has 0 aliphatic carbocycles. The maximum atomic E-state index is 12.4. The van der Waals surface area contributed by atoms with E-state index in [1.807, 2.05) is 20.8 Å². The molecule has 0 saturated carbocycles. The third kappa shape index (κ3) is 14.7. The Labute approximate surface area is 173 Å². The maximum Gasteiger partial charge on any atom is 0.255 e. The first-order valence-electron chi connectivity index (χ1n) is 9.73. The lowest BCUT2D eigenvalue weighted by Crippen LogP contribution is -2.42. The van der Waals surface area contributed by atoms with Crippen LogP contribution in [0.25, 0.3) is 0 Å². The molecule has 8 nitrogen and oxygen atoms in total. The minimum atomic E-state index is -0.379. The lowest BCUT2D eigenvalue weighted by Gasteiger charge is -2.27. The molecule has 9 heteroatoms. The van der Waals surface area contributed by atoms with Crippen molar-refractivity contribution in [3.05, 3.63) is 0 Å². The predicted octanol–water partition coefficient (Wildman–Crippen LogP) is 1.50.